The molecule has 10 heteroatoms. The third-order valence-corrected chi connectivity index (χ3v) is 5.39. The molecule has 0 bridgehead atoms. The normalized spacial score (nSPS) is 10.7. The Balaban J connectivity index is 1.49. The Morgan fingerprint density at radius 1 is 1.13 bits per heavy atom. The molecule has 1 N–H and O–H groups in total. The van der Waals surface area contributed by atoms with Crippen LogP contribution in [-0.4, -0.2) is 25.7 Å². The number of nitro benzene ring substituents is 1. The van der Waals surface area contributed by atoms with Crippen LogP contribution in [0.25, 0.3) is 11.3 Å². The van der Waals surface area contributed by atoms with E-state index in [9.17, 15) is 14.9 Å². The van der Waals surface area contributed by atoms with Crippen LogP contribution in [0.5, 0.6) is 0 Å². The van der Waals surface area contributed by atoms with Gasteiger partial charge in [-0.05, 0) is 24.6 Å². The highest BCUT2D eigenvalue weighted by Gasteiger charge is 2.18. The van der Waals surface area contributed by atoms with Crippen molar-refractivity contribution in [1.82, 2.24) is 14.9 Å². The summed E-state index contributed by atoms with van der Waals surface area (Å²) in [5, 5.41) is 19.7. The SMILES string of the molecule is Cc1nnc(SCc2ccccc2)n1NC(=O)c1ccc(-c2cccc([N+](=O)[O-])c2)o1. The molecular weight excluding hydrogens is 418 g/mol. The molecule has 0 aliphatic carbocycles. The van der Waals surface area contributed by atoms with Gasteiger partial charge >= 0.3 is 5.91 Å². The van der Waals surface area contributed by atoms with E-state index in [4.69, 9.17) is 4.42 Å². The molecule has 1 amide bonds. The second-order valence-corrected chi connectivity index (χ2v) is 7.49. The van der Waals surface area contributed by atoms with Gasteiger partial charge in [0.25, 0.3) is 5.69 Å². The van der Waals surface area contributed by atoms with E-state index in [2.05, 4.69) is 15.6 Å². The Hall–Kier alpha value is -3.92. The molecule has 2 aromatic carbocycles. The highest BCUT2D eigenvalue weighted by atomic mass is 32.2. The number of non-ortho nitro benzene ring substituents is 1. The molecule has 2 aromatic heterocycles. The lowest BCUT2D eigenvalue weighted by Gasteiger charge is -2.09. The van der Waals surface area contributed by atoms with Crippen molar-refractivity contribution in [2.24, 2.45) is 0 Å². The minimum absolute atomic E-state index is 0.0555. The summed E-state index contributed by atoms with van der Waals surface area (Å²) >= 11 is 1.44. The Kier molecular flexibility index (Phi) is 5.80. The minimum Gasteiger partial charge on any atom is -0.451 e. The number of aromatic nitrogens is 3. The number of furan rings is 1. The van der Waals surface area contributed by atoms with E-state index in [1.807, 2.05) is 30.3 Å². The third-order valence-electron chi connectivity index (χ3n) is 4.39. The largest absolute Gasteiger partial charge is 0.451 e. The lowest BCUT2D eigenvalue weighted by atomic mass is 10.1. The maximum absolute atomic E-state index is 12.7. The topological polar surface area (TPSA) is 116 Å². The summed E-state index contributed by atoms with van der Waals surface area (Å²) in [4.78, 5) is 23.2. The zero-order valence-electron chi connectivity index (χ0n) is 16.4. The van der Waals surface area contributed by atoms with Crippen molar-refractivity contribution >= 4 is 23.4 Å². The molecule has 0 saturated carbocycles. The highest BCUT2D eigenvalue weighted by molar-refractivity contribution is 7.98. The van der Waals surface area contributed by atoms with E-state index in [0.29, 0.717) is 28.1 Å². The van der Waals surface area contributed by atoms with Crippen molar-refractivity contribution in [3.05, 3.63) is 94.0 Å². The Labute approximate surface area is 181 Å². The van der Waals surface area contributed by atoms with Crippen LogP contribution in [0.4, 0.5) is 5.69 Å². The molecule has 156 valence electrons. The van der Waals surface area contributed by atoms with Crippen molar-refractivity contribution in [3.63, 3.8) is 0 Å². The molecule has 0 radical (unpaired) electrons. The van der Waals surface area contributed by atoms with Crippen LogP contribution in [0.15, 0.2) is 76.3 Å². The molecule has 2 heterocycles. The molecule has 9 nitrogen and oxygen atoms in total. The standard InChI is InChI=1S/C21H17N5O4S/c1-14-22-23-21(31-13-15-6-3-2-4-7-15)25(14)24-20(27)19-11-10-18(30-19)16-8-5-9-17(12-16)26(28)29/h2-12H,13H2,1H3,(H,24,27). The number of amides is 1. The van der Waals surface area contributed by atoms with Gasteiger partial charge in [0.2, 0.25) is 5.16 Å². The molecule has 0 saturated heterocycles. The number of nitrogens with zero attached hydrogens (tertiary/aromatic N) is 4. The first-order valence-corrected chi connectivity index (χ1v) is 10.2. The molecular formula is C21H17N5O4S. The van der Waals surface area contributed by atoms with E-state index in [0.717, 1.165) is 5.56 Å². The predicted molar refractivity (Wildman–Crippen MR) is 115 cm³/mol. The first-order chi connectivity index (χ1) is 15.0. The number of hydrogen-bond acceptors (Lipinski definition) is 7. The lowest BCUT2D eigenvalue weighted by molar-refractivity contribution is -0.384. The van der Waals surface area contributed by atoms with Crippen LogP contribution < -0.4 is 5.43 Å². The van der Waals surface area contributed by atoms with Gasteiger partial charge in [-0.1, -0.05) is 54.2 Å². The summed E-state index contributed by atoms with van der Waals surface area (Å²) in [6.45, 7) is 1.73. The second-order valence-electron chi connectivity index (χ2n) is 6.55. The van der Waals surface area contributed by atoms with Crippen molar-refractivity contribution in [2.75, 3.05) is 5.43 Å². The Morgan fingerprint density at radius 3 is 2.71 bits per heavy atom. The maximum atomic E-state index is 12.7. The molecule has 0 spiro atoms. The summed E-state index contributed by atoms with van der Waals surface area (Å²) in [5.41, 5.74) is 4.31. The van der Waals surface area contributed by atoms with E-state index in [1.165, 1.54) is 34.6 Å². The average molecular weight is 435 g/mol. The van der Waals surface area contributed by atoms with Crippen LogP contribution >= 0.6 is 11.8 Å². The van der Waals surface area contributed by atoms with E-state index in [-0.39, 0.29) is 11.4 Å². The summed E-state index contributed by atoms with van der Waals surface area (Å²) < 4.78 is 7.13. The number of hydrogen-bond donors (Lipinski definition) is 1. The number of carbonyl (C=O) groups excluding carboxylic acids is 1. The van der Waals surface area contributed by atoms with Gasteiger partial charge in [-0.2, -0.15) is 0 Å². The maximum Gasteiger partial charge on any atom is 0.305 e. The summed E-state index contributed by atoms with van der Waals surface area (Å²) in [7, 11) is 0. The smallest absolute Gasteiger partial charge is 0.305 e. The number of carbonyl (C=O) groups is 1. The van der Waals surface area contributed by atoms with Gasteiger partial charge in [-0.25, -0.2) is 4.68 Å². The van der Waals surface area contributed by atoms with Crippen molar-refractivity contribution in [2.45, 2.75) is 17.8 Å². The summed E-state index contributed by atoms with van der Waals surface area (Å²) in [5.74, 6) is 1.13. The van der Waals surface area contributed by atoms with Crippen LogP contribution in [-0.2, 0) is 5.75 Å². The molecule has 31 heavy (non-hydrogen) atoms. The quantitative estimate of drug-likeness (QED) is 0.259. The first-order valence-electron chi connectivity index (χ1n) is 9.26. The van der Waals surface area contributed by atoms with Crippen LogP contribution in [0.2, 0.25) is 0 Å². The number of rotatable bonds is 7. The van der Waals surface area contributed by atoms with Crippen molar-refractivity contribution in [1.29, 1.82) is 0 Å². The number of nitro groups is 1. The van der Waals surface area contributed by atoms with Crippen molar-refractivity contribution in [3.8, 4) is 11.3 Å². The molecule has 4 aromatic rings. The Bertz CT molecular complexity index is 1240. The van der Waals surface area contributed by atoms with Gasteiger partial charge in [0.15, 0.2) is 5.76 Å². The van der Waals surface area contributed by atoms with Crippen molar-refractivity contribution < 1.29 is 14.1 Å². The van der Waals surface area contributed by atoms with Crippen LogP contribution in [0.3, 0.4) is 0 Å². The van der Waals surface area contributed by atoms with E-state index in [1.54, 1.807) is 25.1 Å². The van der Waals surface area contributed by atoms with Gasteiger partial charge in [-0.15, -0.1) is 10.2 Å². The molecule has 0 aliphatic rings. The summed E-state index contributed by atoms with van der Waals surface area (Å²) in [6.07, 6.45) is 0. The summed E-state index contributed by atoms with van der Waals surface area (Å²) in [6, 6.07) is 19.0. The molecule has 0 fully saturated rings. The van der Waals surface area contributed by atoms with Gasteiger partial charge in [0.1, 0.15) is 11.6 Å². The number of benzene rings is 2. The van der Waals surface area contributed by atoms with Gasteiger partial charge < -0.3 is 4.42 Å². The third kappa shape index (κ3) is 4.64. The zero-order valence-corrected chi connectivity index (χ0v) is 17.2. The number of nitrogens with one attached hydrogen (secondary N) is 1. The van der Waals surface area contributed by atoms with Crippen LogP contribution in [0, 0.1) is 17.0 Å². The van der Waals surface area contributed by atoms with Gasteiger partial charge in [0, 0.05) is 23.4 Å². The monoisotopic (exact) mass is 435 g/mol. The van der Waals surface area contributed by atoms with Crippen LogP contribution in [0.1, 0.15) is 21.9 Å². The molecule has 0 atom stereocenters. The second kappa shape index (κ2) is 8.84. The fraction of sp³-hybridized carbons (Fsp3) is 0.0952. The first kappa shape index (κ1) is 20.4. The minimum atomic E-state index is -0.485. The van der Waals surface area contributed by atoms with E-state index >= 15 is 0 Å². The van der Waals surface area contributed by atoms with Gasteiger partial charge in [-0.3, -0.25) is 20.3 Å². The van der Waals surface area contributed by atoms with Gasteiger partial charge in [0.05, 0.1) is 4.92 Å². The fourth-order valence-corrected chi connectivity index (χ4v) is 3.73. The fourth-order valence-electron chi connectivity index (χ4n) is 2.83. The number of aryl methyl sites for hydroxylation is 1. The predicted octanol–water partition coefficient (Wildman–Crippen LogP) is 4.43. The zero-order chi connectivity index (χ0) is 21.8. The highest BCUT2D eigenvalue weighted by Crippen LogP contribution is 2.26. The number of thioether (sulfide) groups is 1. The molecule has 4 rings (SSSR count). The molecule has 0 aliphatic heterocycles. The molecule has 0 unspecified atom stereocenters. The average Bonchev–Trinajstić information content (AvgIpc) is 3.41. The lowest BCUT2D eigenvalue weighted by Crippen LogP contribution is -2.24. The Morgan fingerprint density at radius 2 is 1.94 bits per heavy atom. The van der Waals surface area contributed by atoms with E-state index < -0.39 is 10.8 Å².